The number of hydrogen-bond acceptors (Lipinski definition) is 2. The molecule has 0 aromatic heterocycles. The summed E-state index contributed by atoms with van der Waals surface area (Å²) in [6, 6.07) is 7.64. The number of likely N-dealkylation sites (tertiary alicyclic amines) is 1. The molecule has 1 atom stereocenters. The zero-order chi connectivity index (χ0) is 17.7. The monoisotopic (exact) mass is 350 g/mol. The highest BCUT2D eigenvalue weighted by atomic mass is 35.5. The van der Waals surface area contributed by atoms with Gasteiger partial charge in [0.2, 0.25) is 11.8 Å². The molecule has 2 rings (SSSR count). The molecule has 4 nitrogen and oxygen atoms in total. The highest BCUT2D eigenvalue weighted by molar-refractivity contribution is 6.31. The van der Waals surface area contributed by atoms with Gasteiger partial charge >= 0.3 is 0 Å². The summed E-state index contributed by atoms with van der Waals surface area (Å²) in [6.07, 6.45) is 4.13. The number of hydrogen-bond donors (Lipinski definition) is 1. The molecule has 1 aromatic rings. The summed E-state index contributed by atoms with van der Waals surface area (Å²) in [5.41, 5.74) is -0.230. The Labute approximate surface area is 149 Å². The number of nitrogens with one attached hydrogen (secondary N) is 1. The van der Waals surface area contributed by atoms with Crippen LogP contribution in [0.4, 0.5) is 0 Å². The minimum atomic E-state index is -1.08. The molecule has 1 heterocycles. The first-order chi connectivity index (χ1) is 11.4. The van der Waals surface area contributed by atoms with Crippen molar-refractivity contribution in [2.24, 2.45) is 5.41 Å². The molecule has 24 heavy (non-hydrogen) atoms. The number of carbonyl (C=O) groups is 2. The number of rotatable bonds is 5. The first-order valence-corrected chi connectivity index (χ1v) is 9.08. The fourth-order valence-corrected chi connectivity index (χ4v) is 3.39. The molecule has 0 bridgehead atoms. The Bertz CT molecular complexity index is 601. The molecule has 1 unspecified atom stereocenters. The third-order valence-electron chi connectivity index (χ3n) is 4.86. The molecular weight excluding hydrogens is 324 g/mol. The zero-order valence-electron chi connectivity index (χ0n) is 14.8. The van der Waals surface area contributed by atoms with Crippen LogP contribution in [0.15, 0.2) is 24.3 Å². The summed E-state index contributed by atoms with van der Waals surface area (Å²) in [7, 11) is 0. The summed E-state index contributed by atoms with van der Waals surface area (Å²) in [5, 5.41) is 3.48. The van der Waals surface area contributed by atoms with E-state index in [9.17, 15) is 9.59 Å². The van der Waals surface area contributed by atoms with Crippen molar-refractivity contribution in [3.05, 3.63) is 34.9 Å². The molecule has 1 aliphatic rings. The molecular formula is C19H27ClN2O2. The van der Waals surface area contributed by atoms with Crippen molar-refractivity contribution in [2.75, 3.05) is 6.54 Å². The van der Waals surface area contributed by atoms with Crippen LogP contribution in [0, 0.1) is 5.41 Å². The first-order valence-electron chi connectivity index (χ1n) is 8.70. The van der Waals surface area contributed by atoms with Crippen LogP contribution in [-0.4, -0.2) is 29.3 Å². The molecule has 1 saturated heterocycles. The van der Waals surface area contributed by atoms with Gasteiger partial charge in [-0.15, -0.1) is 0 Å². The lowest BCUT2D eigenvalue weighted by atomic mass is 9.87. The quantitative estimate of drug-likeness (QED) is 0.822. The SMILES string of the molecule is CCC1CCCCN1C(=O)C(C)(C)C(=O)NCc1ccccc1Cl. The van der Waals surface area contributed by atoms with E-state index < -0.39 is 5.41 Å². The number of carbonyl (C=O) groups excluding carboxylic acids is 2. The smallest absolute Gasteiger partial charge is 0.237 e. The number of halogens is 1. The lowest BCUT2D eigenvalue weighted by Gasteiger charge is -2.39. The third-order valence-corrected chi connectivity index (χ3v) is 5.23. The average molecular weight is 351 g/mol. The van der Waals surface area contributed by atoms with E-state index in [1.165, 1.54) is 0 Å². The van der Waals surface area contributed by atoms with Crippen LogP contribution >= 0.6 is 11.6 Å². The van der Waals surface area contributed by atoms with Gasteiger partial charge < -0.3 is 10.2 Å². The van der Waals surface area contributed by atoms with Crippen LogP contribution < -0.4 is 5.32 Å². The van der Waals surface area contributed by atoms with Crippen molar-refractivity contribution >= 4 is 23.4 Å². The van der Waals surface area contributed by atoms with Gasteiger partial charge in [0, 0.05) is 24.2 Å². The molecule has 1 aliphatic heterocycles. The van der Waals surface area contributed by atoms with Gasteiger partial charge in [-0.3, -0.25) is 9.59 Å². The van der Waals surface area contributed by atoms with Gasteiger partial charge in [0.05, 0.1) is 0 Å². The Hall–Kier alpha value is -1.55. The van der Waals surface area contributed by atoms with Crippen LogP contribution in [0.5, 0.6) is 0 Å². The Morgan fingerprint density at radius 3 is 2.67 bits per heavy atom. The van der Waals surface area contributed by atoms with Crippen molar-refractivity contribution in [2.45, 2.75) is 59.0 Å². The number of piperidine rings is 1. The largest absolute Gasteiger partial charge is 0.351 e. The average Bonchev–Trinajstić information content (AvgIpc) is 2.59. The summed E-state index contributed by atoms with van der Waals surface area (Å²) in [5.74, 6) is -0.335. The third kappa shape index (κ3) is 4.10. The van der Waals surface area contributed by atoms with E-state index in [4.69, 9.17) is 11.6 Å². The standard InChI is InChI=1S/C19H27ClN2O2/c1-4-15-10-7-8-12-22(15)18(24)19(2,3)17(23)21-13-14-9-5-6-11-16(14)20/h5-6,9,11,15H,4,7-8,10,12-13H2,1-3H3,(H,21,23). The van der Waals surface area contributed by atoms with Crippen LogP contribution in [0.25, 0.3) is 0 Å². The Balaban J connectivity index is 2.03. The molecule has 2 amide bonds. The van der Waals surface area contributed by atoms with Crippen LogP contribution in [-0.2, 0) is 16.1 Å². The Morgan fingerprint density at radius 1 is 1.29 bits per heavy atom. The number of benzene rings is 1. The molecule has 0 spiro atoms. The summed E-state index contributed by atoms with van der Waals surface area (Å²) < 4.78 is 0. The normalized spacial score (nSPS) is 18.3. The second-order valence-corrected chi connectivity index (χ2v) is 7.36. The summed E-state index contributed by atoms with van der Waals surface area (Å²) in [4.78, 5) is 27.5. The number of nitrogens with zero attached hydrogens (tertiary/aromatic N) is 1. The van der Waals surface area contributed by atoms with Crippen LogP contribution in [0.1, 0.15) is 52.0 Å². The molecule has 0 aliphatic carbocycles. The van der Waals surface area contributed by atoms with Gasteiger partial charge in [-0.05, 0) is 51.2 Å². The summed E-state index contributed by atoms with van der Waals surface area (Å²) >= 11 is 6.12. The minimum absolute atomic E-state index is 0.0780. The van der Waals surface area contributed by atoms with E-state index in [1.54, 1.807) is 19.9 Å². The topological polar surface area (TPSA) is 49.4 Å². The maximum absolute atomic E-state index is 12.9. The number of amides is 2. The van der Waals surface area contributed by atoms with Crippen molar-refractivity contribution in [1.82, 2.24) is 10.2 Å². The first kappa shape index (κ1) is 18.8. The highest BCUT2D eigenvalue weighted by Crippen LogP contribution is 2.27. The molecule has 1 aromatic carbocycles. The molecule has 5 heteroatoms. The molecule has 0 radical (unpaired) electrons. The lowest BCUT2D eigenvalue weighted by Crippen LogP contribution is -2.53. The fourth-order valence-electron chi connectivity index (χ4n) is 3.19. The van der Waals surface area contributed by atoms with Crippen molar-refractivity contribution in [1.29, 1.82) is 0 Å². The van der Waals surface area contributed by atoms with Crippen molar-refractivity contribution in [3.8, 4) is 0 Å². The van der Waals surface area contributed by atoms with E-state index in [0.29, 0.717) is 11.6 Å². The van der Waals surface area contributed by atoms with E-state index in [2.05, 4.69) is 12.2 Å². The highest BCUT2D eigenvalue weighted by Gasteiger charge is 2.41. The van der Waals surface area contributed by atoms with E-state index in [0.717, 1.165) is 37.8 Å². The van der Waals surface area contributed by atoms with Crippen molar-refractivity contribution < 1.29 is 9.59 Å². The molecule has 1 fully saturated rings. The van der Waals surface area contributed by atoms with Gasteiger partial charge in [-0.2, -0.15) is 0 Å². The Morgan fingerprint density at radius 2 is 2.00 bits per heavy atom. The van der Waals surface area contributed by atoms with E-state index >= 15 is 0 Å². The second-order valence-electron chi connectivity index (χ2n) is 6.96. The van der Waals surface area contributed by atoms with Crippen LogP contribution in [0.3, 0.4) is 0 Å². The maximum atomic E-state index is 12.9. The molecule has 132 valence electrons. The van der Waals surface area contributed by atoms with Gasteiger partial charge in [0.1, 0.15) is 5.41 Å². The van der Waals surface area contributed by atoms with E-state index in [-0.39, 0.29) is 17.9 Å². The predicted octanol–water partition coefficient (Wildman–Crippen LogP) is 3.77. The van der Waals surface area contributed by atoms with Crippen LogP contribution in [0.2, 0.25) is 5.02 Å². The molecule has 1 N–H and O–H groups in total. The second kappa shape index (κ2) is 8.02. The lowest BCUT2D eigenvalue weighted by molar-refractivity contribution is -0.151. The van der Waals surface area contributed by atoms with Gasteiger partial charge in [-0.1, -0.05) is 36.7 Å². The predicted molar refractivity (Wildman–Crippen MR) is 96.7 cm³/mol. The van der Waals surface area contributed by atoms with Gasteiger partial charge in [-0.25, -0.2) is 0 Å². The van der Waals surface area contributed by atoms with Crippen molar-refractivity contribution in [3.63, 3.8) is 0 Å². The molecule has 0 saturated carbocycles. The zero-order valence-corrected chi connectivity index (χ0v) is 15.5. The van der Waals surface area contributed by atoms with Gasteiger partial charge in [0.25, 0.3) is 0 Å². The Kier molecular flexibility index (Phi) is 6.27. The van der Waals surface area contributed by atoms with Gasteiger partial charge in [0.15, 0.2) is 0 Å². The summed E-state index contributed by atoms with van der Waals surface area (Å²) in [6.45, 7) is 6.59. The van der Waals surface area contributed by atoms with E-state index in [1.807, 2.05) is 23.1 Å². The maximum Gasteiger partial charge on any atom is 0.237 e. The minimum Gasteiger partial charge on any atom is -0.351 e. The fraction of sp³-hybridized carbons (Fsp3) is 0.579.